The van der Waals surface area contributed by atoms with Crippen LogP contribution in [0.1, 0.15) is 11.3 Å². The van der Waals surface area contributed by atoms with Crippen molar-refractivity contribution in [1.29, 1.82) is 5.26 Å². The average Bonchev–Trinajstić information content (AvgIpc) is 2.96. The molecule has 2 aromatic rings. The first kappa shape index (κ1) is 12.3. The Labute approximate surface area is 116 Å². The fourth-order valence-electron chi connectivity index (χ4n) is 2.37. The van der Waals surface area contributed by atoms with Crippen LogP contribution in [0.3, 0.4) is 0 Å². The topological polar surface area (TPSA) is 60.5 Å². The summed E-state index contributed by atoms with van der Waals surface area (Å²) in [6.45, 7) is 0.696. The van der Waals surface area contributed by atoms with Crippen LogP contribution in [0.5, 0.6) is 0 Å². The molecule has 0 aliphatic carbocycles. The smallest absolute Gasteiger partial charge is 0.246 e. The number of nitriles is 1. The molecule has 0 atom stereocenters. The molecular weight excluding hydrogens is 254 g/mol. The van der Waals surface area contributed by atoms with E-state index in [0.717, 1.165) is 17.1 Å². The number of hydrogen-bond donors (Lipinski definition) is 0. The van der Waals surface area contributed by atoms with Gasteiger partial charge in [0.2, 0.25) is 5.91 Å². The monoisotopic (exact) mass is 267 g/mol. The molecule has 1 aromatic carbocycles. The number of hydrogen-bond acceptors (Lipinski definition) is 4. The number of nitrogens with zero attached hydrogens (tertiary/aromatic N) is 3. The molecule has 2 heterocycles. The van der Waals surface area contributed by atoms with E-state index in [4.69, 9.17) is 9.68 Å². The molecule has 20 heavy (non-hydrogen) atoms. The van der Waals surface area contributed by atoms with E-state index in [0.29, 0.717) is 18.7 Å². The Morgan fingerprint density at radius 2 is 2.20 bits per heavy atom. The van der Waals surface area contributed by atoms with Gasteiger partial charge >= 0.3 is 0 Å². The summed E-state index contributed by atoms with van der Waals surface area (Å²) >= 11 is 0. The van der Waals surface area contributed by atoms with Gasteiger partial charge in [0.05, 0.1) is 42.4 Å². The number of carbonyl (C=O) groups is 1. The van der Waals surface area contributed by atoms with Crippen LogP contribution < -0.4 is 9.80 Å². The SMILES string of the molecule is CN1CC(=O)N(Cc2ccco2)c2ccc(C#N)cc21. The third-order valence-corrected chi connectivity index (χ3v) is 3.37. The number of rotatable bonds is 2. The number of benzene rings is 1. The van der Waals surface area contributed by atoms with E-state index >= 15 is 0 Å². The second kappa shape index (κ2) is 4.74. The van der Waals surface area contributed by atoms with Crippen LogP contribution in [-0.4, -0.2) is 19.5 Å². The summed E-state index contributed by atoms with van der Waals surface area (Å²) in [5, 5.41) is 8.99. The molecule has 0 saturated carbocycles. The van der Waals surface area contributed by atoms with Gasteiger partial charge in [0.1, 0.15) is 5.76 Å². The minimum absolute atomic E-state index is 0.0149. The van der Waals surface area contributed by atoms with E-state index in [1.807, 2.05) is 24.1 Å². The number of carbonyl (C=O) groups excluding carboxylic acids is 1. The lowest BCUT2D eigenvalue weighted by atomic mass is 10.1. The first-order valence-electron chi connectivity index (χ1n) is 6.27. The fourth-order valence-corrected chi connectivity index (χ4v) is 2.37. The summed E-state index contributed by atoms with van der Waals surface area (Å²) in [7, 11) is 1.85. The van der Waals surface area contributed by atoms with Crippen LogP contribution in [0.4, 0.5) is 11.4 Å². The zero-order chi connectivity index (χ0) is 14.1. The summed E-state index contributed by atoms with van der Waals surface area (Å²) in [4.78, 5) is 15.8. The molecule has 0 fully saturated rings. The van der Waals surface area contributed by atoms with Gasteiger partial charge in [0.25, 0.3) is 0 Å². The molecule has 1 amide bonds. The van der Waals surface area contributed by atoms with Crippen molar-refractivity contribution in [2.75, 3.05) is 23.4 Å². The molecule has 100 valence electrons. The van der Waals surface area contributed by atoms with Crippen LogP contribution in [0.25, 0.3) is 0 Å². The molecule has 0 saturated heterocycles. The standard InChI is InChI=1S/C15H13N3O2/c1-17-10-15(19)18(9-12-3-2-6-20-12)13-5-4-11(8-16)7-14(13)17/h2-7H,9-10H2,1H3. The van der Waals surface area contributed by atoms with Gasteiger partial charge in [-0.1, -0.05) is 0 Å². The maximum atomic E-state index is 12.2. The molecule has 0 N–H and O–H groups in total. The van der Waals surface area contributed by atoms with Crippen LogP contribution in [0, 0.1) is 11.3 Å². The van der Waals surface area contributed by atoms with E-state index in [2.05, 4.69) is 6.07 Å². The highest BCUT2D eigenvalue weighted by Gasteiger charge is 2.28. The molecule has 1 aliphatic heterocycles. The van der Waals surface area contributed by atoms with Crippen molar-refractivity contribution >= 4 is 17.3 Å². The zero-order valence-electron chi connectivity index (χ0n) is 11.0. The molecule has 0 unspecified atom stereocenters. The van der Waals surface area contributed by atoms with Crippen molar-refractivity contribution in [2.24, 2.45) is 0 Å². The number of anilines is 2. The van der Waals surface area contributed by atoms with Gasteiger partial charge in [-0.05, 0) is 30.3 Å². The Morgan fingerprint density at radius 3 is 2.90 bits per heavy atom. The summed E-state index contributed by atoms with van der Waals surface area (Å²) in [5.41, 5.74) is 2.28. The van der Waals surface area contributed by atoms with Crippen LogP contribution in [-0.2, 0) is 11.3 Å². The van der Waals surface area contributed by atoms with Gasteiger partial charge in [-0.3, -0.25) is 4.79 Å². The lowest BCUT2D eigenvalue weighted by molar-refractivity contribution is -0.117. The predicted octanol–water partition coefficient (Wildman–Crippen LogP) is 2.13. The van der Waals surface area contributed by atoms with Gasteiger partial charge < -0.3 is 14.2 Å². The third-order valence-electron chi connectivity index (χ3n) is 3.37. The highest BCUT2D eigenvalue weighted by atomic mass is 16.3. The molecule has 5 heteroatoms. The fraction of sp³-hybridized carbons (Fsp3) is 0.200. The highest BCUT2D eigenvalue weighted by Crippen LogP contribution is 2.34. The van der Waals surface area contributed by atoms with Gasteiger partial charge in [0, 0.05) is 7.05 Å². The summed E-state index contributed by atoms with van der Waals surface area (Å²) in [6, 6.07) is 11.1. The predicted molar refractivity (Wildman–Crippen MR) is 74.3 cm³/mol. The first-order valence-corrected chi connectivity index (χ1v) is 6.27. The normalized spacial score (nSPS) is 14.1. The van der Waals surface area contributed by atoms with Crippen LogP contribution in [0.15, 0.2) is 41.0 Å². The number of amides is 1. The molecule has 0 bridgehead atoms. The Hall–Kier alpha value is -2.74. The largest absolute Gasteiger partial charge is 0.467 e. The number of fused-ring (bicyclic) bond motifs is 1. The van der Waals surface area contributed by atoms with Crippen molar-refractivity contribution in [3.05, 3.63) is 47.9 Å². The Morgan fingerprint density at radius 1 is 1.35 bits per heavy atom. The van der Waals surface area contributed by atoms with Crippen LogP contribution >= 0.6 is 0 Å². The highest BCUT2D eigenvalue weighted by molar-refractivity contribution is 6.03. The van der Waals surface area contributed by atoms with Crippen molar-refractivity contribution in [3.8, 4) is 6.07 Å². The van der Waals surface area contributed by atoms with Crippen LogP contribution in [0.2, 0.25) is 0 Å². The van der Waals surface area contributed by atoms with E-state index < -0.39 is 0 Å². The molecular formula is C15H13N3O2. The van der Waals surface area contributed by atoms with Crippen molar-refractivity contribution < 1.29 is 9.21 Å². The molecule has 0 radical (unpaired) electrons. The Balaban J connectivity index is 2.02. The maximum Gasteiger partial charge on any atom is 0.246 e. The molecule has 1 aliphatic rings. The zero-order valence-corrected chi connectivity index (χ0v) is 11.0. The Bertz CT molecular complexity index is 686. The van der Waals surface area contributed by atoms with E-state index in [9.17, 15) is 4.79 Å². The number of likely N-dealkylation sites (N-methyl/N-ethyl adjacent to an activating group) is 1. The van der Waals surface area contributed by atoms with Gasteiger partial charge in [-0.25, -0.2) is 0 Å². The van der Waals surface area contributed by atoms with Gasteiger partial charge in [-0.15, -0.1) is 0 Å². The maximum absolute atomic E-state index is 12.2. The minimum atomic E-state index is 0.0149. The van der Waals surface area contributed by atoms with Crippen molar-refractivity contribution in [1.82, 2.24) is 0 Å². The summed E-state index contributed by atoms with van der Waals surface area (Å²) < 4.78 is 5.31. The lowest BCUT2D eigenvalue weighted by Crippen LogP contribution is -2.43. The van der Waals surface area contributed by atoms with Crippen molar-refractivity contribution in [3.63, 3.8) is 0 Å². The van der Waals surface area contributed by atoms with Gasteiger partial charge in [0.15, 0.2) is 0 Å². The second-order valence-corrected chi connectivity index (χ2v) is 4.73. The van der Waals surface area contributed by atoms with E-state index in [-0.39, 0.29) is 5.91 Å². The first-order chi connectivity index (χ1) is 9.69. The summed E-state index contributed by atoms with van der Waals surface area (Å²) in [6.07, 6.45) is 1.59. The molecule has 3 rings (SSSR count). The van der Waals surface area contributed by atoms with Crippen molar-refractivity contribution in [2.45, 2.75) is 6.54 Å². The van der Waals surface area contributed by atoms with E-state index in [1.165, 1.54) is 0 Å². The third kappa shape index (κ3) is 2.01. The molecule has 1 aromatic heterocycles. The quantitative estimate of drug-likeness (QED) is 0.836. The summed E-state index contributed by atoms with van der Waals surface area (Å²) in [5.74, 6) is 0.749. The molecule has 0 spiro atoms. The molecule has 5 nitrogen and oxygen atoms in total. The second-order valence-electron chi connectivity index (χ2n) is 4.73. The van der Waals surface area contributed by atoms with E-state index in [1.54, 1.807) is 29.4 Å². The van der Waals surface area contributed by atoms with Gasteiger partial charge in [-0.2, -0.15) is 5.26 Å². The average molecular weight is 267 g/mol. The Kier molecular flexibility index (Phi) is 2.92. The number of furan rings is 1. The lowest BCUT2D eigenvalue weighted by Gasteiger charge is -2.34. The minimum Gasteiger partial charge on any atom is -0.467 e.